The molecule has 12 rings (SSSR count). The van der Waals surface area contributed by atoms with Crippen LogP contribution < -0.4 is 20.7 Å². The number of hydrogen-bond acceptors (Lipinski definition) is 3. The van der Waals surface area contributed by atoms with Gasteiger partial charge in [0.1, 0.15) is 5.03 Å². The molecule has 2 aliphatic rings. The van der Waals surface area contributed by atoms with Crippen LogP contribution in [0, 0.1) is 0 Å². The molecule has 0 saturated carbocycles. The number of pyridine rings is 1. The van der Waals surface area contributed by atoms with Gasteiger partial charge in [0.15, 0.2) is 8.07 Å². The van der Waals surface area contributed by atoms with Gasteiger partial charge in [-0.2, -0.15) is 0 Å². The van der Waals surface area contributed by atoms with Crippen molar-refractivity contribution in [2.24, 2.45) is 0 Å². The summed E-state index contributed by atoms with van der Waals surface area (Å²) in [7, 11) is -2.75. The highest BCUT2D eigenvalue weighted by atomic mass is 32.2. The highest BCUT2D eigenvalue weighted by Crippen LogP contribution is 2.51. The van der Waals surface area contributed by atoms with Gasteiger partial charge in [0.05, 0.1) is 0 Å². The van der Waals surface area contributed by atoms with Crippen molar-refractivity contribution in [1.82, 2.24) is 4.98 Å². The van der Waals surface area contributed by atoms with E-state index in [-0.39, 0.29) is 0 Å². The van der Waals surface area contributed by atoms with E-state index >= 15 is 0 Å². The Balaban J connectivity index is 1.11. The van der Waals surface area contributed by atoms with Crippen molar-refractivity contribution in [3.63, 3.8) is 0 Å². The van der Waals surface area contributed by atoms with Gasteiger partial charge in [0.2, 0.25) is 0 Å². The van der Waals surface area contributed by atoms with Crippen LogP contribution >= 0.6 is 23.5 Å². The van der Waals surface area contributed by atoms with Gasteiger partial charge in [-0.1, -0.05) is 230 Å². The van der Waals surface area contributed by atoms with E-state index in [1.807, 2.05) is 29.7 Å². The molecular formula is C59H39NS2Si. The van der Waals surface area contributed by atoms with E-state index < -0.39 is 8.07 Å². The largest absolute Gasteiger partial charge is 0.250 e. The summed E-state index contributed by atoms with van der Waals surface area (Å²) in [6.45, 7) is 0. The fourth-order valence-corrected chi connectivity index (χ4v) is 19.2. The van der Waals surface area contributed by atoms with Crippen LogP contribution in [0.4, 0.5) is 0 Å². The van der Waals surface area contributed by atoms with Gasteiger partial charge in [0, 0.05) is 20.9 Å². The Bertz CT molecular complexity index is 3150. The Morgan fingerprint density at radius 1 is 0.302 bits per heavy atom. The molecule has 0 saturated heterocycles. The van der Waals surface area contributed by atoms with E-state index in [1.165, 1.54) is 102 Å². The zero-order valence-electron chi connectivity index (χ0n) is 34.3. The van der Waals surface area contributed by atoms with Crippen LogP contribution in [0.15, 0.2) is 256 Å². The SMILES string of the molecule is c1ccc(-c2cc(-c3ccccc3)c(-c3ccccc3)c(-c3ccc(-c4cccc5c4Sc4ncccc4[Si]54c5ccccc5Sc5ccccc54)cc3)c2-c2ccccc2)cc1. The van der Waals surface area contributed by atoms with Gasteiger partial charge in [-0.3, -0.25) is 0 Å². The van der Waals surface area contributed by atoms with Crippen LogP contribution in [0.1, 0.15) is 0 Å². The first-order valence-electron chi connectivity index (χ1n) is 21.4. The number of hydrogen-bond donors (Lipinski definition) is 0. The average molecular weight is 854 g/mol. The van der Waals surface area contributed by atoms with E-state index in [0.717, 1.165) is 5.03 Å². The van der Waals surface area contributed by atoms with Crippen LogP contribution in [-0.4, -0.2) is 13.1 Å². The molecule has 10 aromatic rings. The third-order valence-electron chi connectivity index (χ3n) is 12.7. The first-order chi connectivity index (χ1) is 31.3. The van der Waals surface area contributed by atoms with Crippen LogP contribution in [0.5, 0.6) is 0 Å². The Labute approximate surface area is 378 Å². The Morgan fingerprint density at radius 2 is 0.730 bits per heavy atom. The lowest BCUT2D eigenvalue weighted by Gasteiger charge is -2.43. The maximum Gasteiger partial charge on any atom is 0.186 e. The molecule has 2 aliphatic heterocycles. The predicted molar refractivity (Wildman–Crippen MR) is 269 cm³/mol. The van der Waals surface area contributed by atoms with Gasteiger partial charge >= 0.3 is 0 Å². The molecule has 0 amide bonds. The van der Waals surface area contributed by atoms with Crippen LogP contribution in [-0.2, 0) is 0 Å². The van der Waals surface area contributed by atoms with Crippen molar-refractivity contribution < 1.29 is 0 Å². The molecule has 0 radical (unpaired) electrons. The quantitative estimate of drug-likeness (QED) is 0.155. The Kier molecular flexibility index (Phi) is 9.44. The molecule has 3 heterocycles. The fourth-order valence-electron chi connectivity index (χ4n) is 10.0. The number of benzene rings is 9. The van der Waals surface area contributed by atoms with Gasteiger partial charge in [-0.05, 0) is 112 Å². The second-order valence-electron chi connectivity index (χ2n) is 16.1. The van der Waals surface area contributed by atoms with Gasteiger partial charge in [-0.25, -0.2) is 4.98 Å². The molecule has 0 aliphatic carbocycles. The molecule has 1 aromatic heterocycles. The number of fused-ring (bicyclic) bond motifs is 8. The van der Waals surface area contributed by atoms with Crippen LogP contribution in [0.25, 0.3) is 66.8 Å². The van der Waals surface area contributed by atoms with E-state index in [0.29, 0.717) is 0 Å². The third kappa shape index (κ3) is 6.20. The molecule has 9 aromatic carbocycles. The van der Waals surface area contributed by atoms with E-state index in [2.05, 4.69) is 231 Å². The molecule has 0 atom stereocenters. The highest BCUT2D eigenvalue weighted by molar-refractivity contribution is 8.01. The van der Waals surface area contributed by atoms with Crippen molar-refractivity contribution in [3.8, 4) is 66.8 Å². The van der Waals surface area contributed by atoms with E-state index in [9.17, 15) is 0 Å². The fraction of sp³-hybridized carbons (Fsp3) is 0. The minimum absolute atomic E-state index is 1.11. The van der Waals surface area contributed by atoms with Gasteiger partial charge < -0.3 is 0 Å². The van der Waals surface area contributed by atoms with Gasteiger partial charge in [0.25, 0.3) is 0 Å². The normalized spacial score (nSPS) is 13.1. The molecule has 0 unspecified atom stereocenters. The monoisotopic (exact) mass is 853 g/mol. The summed E-state index contributed by atoms with van der Waals surface area (Å²) in [5.41, 5.74) is 14.5. The minimum Gasteiger partial charge on any atom is -0.250 e. The lowest BCUT2D eigenvalue weighted by molar-refractivity contribution is 1.15. The van der Waals surface area contributed by atoms with Crippen molar-refractivity contribution in [2.45, 2.75) is 19.7 Å². The maximum absolute atomic E-state index is 5.14. The maximum atomic E-state index is 5.14. The molecule has 296 valence electrons. The number of nitrogens with zero attached hydrogens (tertiary/aromatic N) is 1. The van der Waals surface area contributed by atoms with Crippen molar-refractivity contribution in [1.29, 1.82) is 0 Å². The Hall–Kier alpha value is -6.95. The molecule has 4 heteroatoms. The molecule has 1 nitrogen and oxygen atoms in total. The van der Waals surface area contributed by atoms with E-state index in [4.69, 9.17) is 4.98 Å². The molecule has 0 fully saturated rings. The molecule has 0 N–H and O–H groups in total. The number of aromatic nitrogens is 1. The standard InChI is InChI=1S/C59H39NS2Si/c1-5-19-40(20-6-1)47-39-48(41-21-7-2-8-22-41)56(44-25-11-4-12-26-44)57(55(47)43-23-9-3-10-24-43)45-36-34-42(35-37-45)46-27-17-32-53-58(46)62-59-54(33-18-38-60-59)63(53)51-30-15-13-28-49(51)61-50-29-14-16-31-52(50)63/h1-39H. The summed E-state index contributed by atoms with van der Waals surface area (Å²) in [4.78, 5) is 9.15. The number of rotatable bonds is 6. The second-order valence-corrected chi connectivity index (χ2v) is 21.9. The topological polar surface area (TPSA) is 12.9 Å². The third-order valence-corrected chi connectivity index (χ3v) is 20.7. The van der Waals surface area contributed by atoms with Crippen LogP contribution in [0.3, 0.4) is 0 Å². The van der Waals surface area contributed by atoms with Crippen LogP contribution in [0.2, 0.25) is 0 Å². The Morgan fingerprint density at radius 3 is 1.29 bits per heavy atom. The van der Waals surface area contributed by atoms with Crippen molar-refractivity contribution in [2.75, 3.05) is 0 Å². The van der Waals surface area contributed by atoms with Gasteiger partial charge in [-0.15, -0.1) is 0 Å². The lowest BCUT2D eigenvalue weighted by atomic mass is 9.78. The summed E-state index contributed by atoms with van der Waals surface area (Å²) >= 11 is 3.74. The zero-order chi connectivity index (χ0) is 41.7. The smallest absolute Gasteiger partial charge is 0.186 e. The molecule has 1 spiro atoms. The zero-order valence-corrected chi connectivity index (χ0v) is 36.9. The van der Waals surface area contributed by atoms with Crippen molar-refractivity contribution in [3.05, 3.63) is 237 Å². The van der Waals surface area contributed by atoms with Crippen molar-refractivity contribution >= 4 is 52.3 Å². The predicted octanol–water partition coefficient (Wildman–Crippen LogP) is 13.4. The second kappa shape index (κ2) is 15.7. The first kappa shape index (κ1) is 37.8. The lowest BCUT2D eigenvalue weighted by Crippen LogP contribution is -2.78. The minimum atomic E-state index is -2.75. The molecule has 63 heavy (non-hydrogen) atoms. The average Bonchev–Trinajstić information content (AvgIpc) is 3.36. The van der Waals surface area contributed by atoms with E-state index in [1.54, 1.807) is 0 Å². The molecular weight excluding hydrogens is 815 g/mol. The summed E-state index contributed by atoms with van der Waals surface area (Å²) in [5, 5.41) is 6.83. The highest BCUT2D eigenvalue weighted by Gasteiger charge is 2.52. The summed E-state index contributed by atoms with van der Waals surface area (Å²) in [6, 6.07) is 85.3. The summed E-state index contributed by atoms with van der Waals surface area (Å²) < 4.78 is 0. The first-order valence-corrected chi connectivity index (χ1v) is 25.1. The summed E-state index contributed by atoms with van der Waals surface area (Å²) in [5.74, 6) is 0. The molecule has 0 bridgehead atoms. The summed E-state index contributed by atoms with van der Waals surface area (Å²) in [6.07, 6.45) is 1.97.